The Morgan fingerprint density at radius 3 is 2.88 bits per heavy atom. The van der Waals surface area contributed by atoms with E-state index in [9.17, 15) is 4.79 Å². The molecule has 3 rings (SSSR count). The number of rotatable bonds is 6. The Kier molecular flexibility index (Phi) is 5.41. The molecule has 1 aromatic heterocycles. The van der Waals surface area contributed by atoms with Crippen molar-refractivity contribution in [3.63, 3.8) is 0 Å². The number of amides is 1. The molecule has 0 radical (unpaired) electrons. The number of unbranched alkanes of at least 4 members (excludes halogenated alkanes) is 2. The van der Waals surface area contributed by atoms with Crippen molar-refractivity contribution in [1.82, 2.24) is 14.9 Å². The van der Waals surface area contributed by atoms with Crippen molar-refractivity contribution in [2.75, 3.05) is 18.4 Å². The van der Waals surface area contributed by atoms with E-state index in [2.05, 4.69) is 40.4 Å². The van der Waals surface area contributed by atoms with E-state index in [4.69, 9.17) is 0 Å². The Morgan fingerprint density at radius 1 is 1.21 bits per heavy atom. The van der Waals surface area contributed by atoms with Gasteiger partial charge in [-0.1, -0.05) is 44.0 Å². The van der Waals surface area contributed by atoms with Gasteiger partial charge in [0.1, 0.15) is 5.69 Å². The summed E-state index contributed by atoms with van der Waals surface area (Å²) in [6, 6.07) is 10.0. The number of aromatic nitrogens is 2. The minimum atomic E-state index is -0.0245. The third kappa shape index (κ3) is 3.91. The van der Waals surface area contributed by atoms with Gasteiger partial charge >= 0.3 is 0 Å². The summed E-state index contributed by atoms with van der Waals surface area (Å²) in [5.41, 5.74) is 3.02. The van der Waals surface area contributed by atoms with E-state index in [1.165, 1.54) is 24.0 Å². The second kappa shape index (κ2) is 7.90. The number of carbonyl (C=O) groups is 1. The van der Waals surface area contributed by atoms with E-state index < -0.39 is 0 Å². The number of nitrogens with zero attached hydrogens (tertiary/aromatic N) is 3. The lowest BCUT2D eigenvalue weighted by Gasteiger charge is -2.28. The highest BCUT2D eigenvalue weighted by atomic mass is 16.2. The fraction of sp³-hybridized carbons (Fsp3) is 0.421. The highest BCUT2D eigenvalue weighted by Gasteiger charge is 2.22. The fourth-order valence-corrected chi connectivity index (χ4v) is 2.97. The summed E-state index contributed by atoms with van der Waals surface area (Å²) in [4.78, 5) is 23.2. The van der Waals surface area contributed by atoms with Crippen LogP contribution in [0.25, 0.3) is 0 Å². The fourth-order valence-electron chi connectivity index (χ4n) is 2.97. The van der Waals surface area contributed by atoms with Crippen molar-refractivity contribution >= 4 is 11.9 Å². The second-order valence-corrected chi connectivity index (χ2v) is 6.14. The monoisotopic (exact) mass is 324 g/mol. The van der Waals surface area contributed by atoms with Crippen molar-refractivity contribution in [3.05, 3.63) is 53.3 Å². The maximum atomic E-state index is 12.7. The average Bonchev–Trinajstić information content (AvgIpc) is 2.64. The minimum absolute atomic E-state index is 0.0245. The number of hydrogen-bond acceptors (Lipinski definition) is 4. The molecule has 2 aromatic rings. The Hall–Kier alpha value is -2.43. The Balaban J connectivity index is 1.65. The van der Waals surface area contributed by atoms with Gasteiger partial charge in [0.15, 0.2) is 0 Å². The topological polar surface area (TPSA) is 58.1 Å². The minimum Gasteiger partial charge on any atom is -0.354 e. The summed E-state index contributed by atoms with van der Waals surface area (Å²) in [5.74, 6) is 0.512. The number of carbonyl (C=O) groups excluding carboxylic acids is 1. The van der Waals surface area contributed by atoms with Crippen LogP contribution in [-0.4, -0.2) is 33.9 Å². The Labute approximate surface area is 143 Å². The molecular weight excluding hydrogens is 300 g/mol. The van der Waals surface area contributed by atoms with Crippen LogP contribution in [0.5, 0.6) is 0 Å². The standard InChI is InChI=1S/C19H24N4O/c1-2-3-6-11-20-19-21-12-9-17(22-19)18(24)23-13-10-15-7-4-5-8-16(15)14-23/h4-5,7-9,12H,2-3,6,10-11,13-14H2,1H3,(H,20,21,22). The van der Waals surface area contributed by atoms with Gasteiger partial charge in [0.05, 0.1) is 0 Å². The second-order valence-electron chi connectivity index (χ2n) is 6.14. The van der Waals surface area contributed by atoms with E-state index in [1.807, 2.05) is 11.0 Å². The van der Waals surface area contributed by atoms with E-state index in [0.29, 0.717) is 18.2 Å². The summed E-state index contributed by atoms with van der Waals surface area (Å²) in [6.45, 7) is 4.40. The van der Waals surface area contributed by atoms with Crippen molar-refractivity contribution in [2.45, 2.75) is 39.2 Å². The highest BCUT2D eigenvalue weighted by molar-refractivity contribution is 5.92. The summed E-state index contributed by atoms with van der Waals surface area (Å²) in [7, 11) is 0. The number of nitrogens with one attached hydrogen (secondary N) is 1. The molecule has 1 amide bonds. The van der Waals surface area contributed by atoms with Gasteiger partial charge in [-0.25, -0.2) is 9.97 Å². The number of fused-ring (bicyclic) bond motifs is 1. The van der Waals surface area contributed by atoms with Crippen LogP contribution in [0, 0.1) is 0 Å². The molecule has 1 N–H and O–H groups in total. The lowest BCUT2D eigenvalue weighted by atomic mass is 10.00. The molecule has 0 fully saturated rings. The molecule has 5 heteroatoms. The maximum Gasteiger partial charge on any atom is 0.272 e. The third-order valence-electron chi connectivity index (χ3n) is 4.36. The highest BCUT2D eigenvalue weighted by Crippen LogP contribution is 2.20. The molecular formula is C19H24N4O. The van der Waals surface area contributed by atoms with Gasteiger partial charge in [-0.2, -0.15) is 0 Å². The van der Waals surface area contributed by atoms with Gasteiger partial charge < -0.3 is 10.2 Å². The first-order valence-electron chi connectivity index (χ1n) is 8.71. The largest absolute Gasteiger partial charge is 0.354 e. The molecule has 2 heterocycles. The molecule has 1 aliphatic heterocycles. The van der Waals surface area contributed by atoms with Crippen LogP contribution in [0.4, 0.5) is 5.95 Å². The van der Waals surface area contributed by atoms with Gasteiger partial charge in [-0.05, 0) is 30.0 Å². The summed E-state index contributed by atoms with van der Waals surface area (Å²) in [6.07, 6.45) is 5.99. The first kappa shape index (κ1) is 16.4. The van der Waals surface area contributed by atoms with Crippen molar-refractivity contribution in [3.8, 4) is 0 Å². The van der Waals surface area contributed by atoms with Crippen molar-refractivity contribution < 1.29 is 4.79 Å². The van der Waals surface area contributed by atoms with E-state index in [-0.39, 0.29) is 5.91 Å². The van der Waals surface area contributed by atoms with E-state index in [0.717, 1.165) is 25.9 Å². The zero-order chi connectivity index (χ0) is 16.8. The molecule has 0 atom stereocenters. The predicted octanol–water partition coefficient (Wildman–Crippen LogP) is 3.28. The molecule has 1 aliphatic rings. The Bertz CT molecular complexity index is 701. The van der Waals surface area contributed by atoms with Crippen molar-refractivity contribution in [1.29, 1.82) is 0 Å². The number of benzene rings is 1. The number of hydrogen-bond donors (Lipinski definition) is 1. The maximum absolute atomic E-state index is 12.7. The Morgan fingerprint density at radius 2 is 2.04 bits per heavy atom. The quantitative estimate of drug-likeness (QED) is 0.829. The molecule has 24 heavy (non-hydrogen) atoms. The van der Waals surface area contributed by atoms with Crippen LogP contribution >= 0.6 is 0 Å². The molecule has 0 saturated heterocycles. The summed E-state index contributed by atoms with van der Waals surface area (Å²) < 4.78 is 0. The molecule has 0 saturated carbocycles. The molecule has 5 nitrogen and oxygen atoms in total. The third-order valence-corrected chi connectivity index (χ3v) is 4.36. The van der Waals surface area contributed by atoms with Crippen molar-refractivity contribution in [2.24, 2.45) is 0 Å². The zero-order valence-electron chi connectivity index (χ0n) is 14.2. The van der Waals surface area contributed by atoms with Gasteiger partial charge in [-0.3, -0.25) is 4.79 Å². The summed E-state index contributed by atoms with van der Waals surface area (Å²) in [5, 5.41) is 3.20. The van der Waals surface area contributed by atoms with Gasteiger partial charge in [0.2, 0.25) is 5.95 Å². The first-order chi connectivity index (χ1) is 11.8. The first-order valence-corrected chi connectivity index (χ1v) is 8.71. The van der Waals surface area contributed by atoms with E-state index >= 15 is 0 Å². The summed E-state index contributed by atoms with van der Waals surface area (Å²) >= 11 is 0. The normalized spacial score (nSPS) is 13.5. The predicted molar refractivity (Wildman–Crippen MR) is 94.9 cm³/mol. The van der Waals surface area contributed by atoms with Crippen LogP contribution in [0.15, 0.2) is 36.5 Å². The zero-order valence-corrected chi connectivity index (χ0v) is 14.2. The van der Waals surface area contributed by atoms with E-state index in [1.54, 1.807) is 12.3 Å². The molecule has 0 spiro atoms. The lowest BCUT2D eigenvalue weighted by Crippen LogP contribution is -2.36. The van der Waals surface area contributed by atoms with Gasteiger partial charge in [-0.15, -0.1) is 0 Å². The van der Waals surface area contributed by atoms with Crippen LogP contribution in [0.1, 0.15) is 47.8 Å². The molecule has 0 aliphatic carbocycles. The average molecular weight is 324 g/mol. The lowest BCUT2D eigenvalue weighted by molar-refractivity contribution is 0.0728. The molecule has 1 aromatic carbocycles. The van der Waals surface area contributed by atoms with Crippen LogP contribution in [0.3, 0.4) is 0 Å². The van der Waals surface area contributed by atoms with Gasteiger partial charge in [0.25, 0.3) is 5.91 Å². The molecule has 0 unspecified atom stereocenters. The van der Waals surface area contributed by atoms with Crippen LogP contribution in [0.2, 0.25) is 0 Å². The molecule has 0 bridgehead atoms. The molecule has 126 valence electrons. The SMILES string of the molecule is CCCCCNc1nccc(C(=O)N2CCc3ccccc3C2)n1. The van der Waals surface area contributed by atoms with Gasteiger partial charge in [0, 0.05) is 25.8 Å². The van der Waals surface area contributed by atoms with Crippen LogP contribution < -0.4 is 5.32 Å². The van der Waals surface area contributed by atoms with Crippen LogP contribution in [-0.2, 0) is 13.0 Å². The smallest absolute Gasteiger partial charge is 0.272 e. The number of anilines is 1.